The molecule has 1 aliphatic heterocycles. The number of hydrogen-bond acceptors (Lipinski definition) is 2. The summed E-state index contributed by atoms with van der Waals surface area (Å²) in [4.78, 5) is 14.0. The van der Waals surface area contributed by atoms with E-state index in [2.05, 4.69) is 23.7 Å². The first-order valence-corrected chi connectivity index (χ1v) is 9.18. The number of amides is 1. The summed E-state index contributed by atoms with van der Waals surface area (Å²) >= 11 is 1.68. The predicted molar refractivity (Wildman–Crippen MR) is 91.7 cm³/mol. The number of carbonyl (C=O) groups excluding carboxylic acids is 1. The van der Waals surface area contributed by atoms with E-state index in [1.807, 2.05) is 17.7 Å². The number of nitrogens with one attached hydrogen (secondary N) is 2. The molecule has 0 unspecified atom stereocenters. The van der Waals surface area contributed by atoms with Crippen LogP contribution in [-0.2, 0) is 7.05 Å². The van der Waals surface area contributed by atoms with E-state index in [-0.39, 0.29) is 5.91 Å². The highest BCUT2D eigenvalue weighted by atomic mass is 32.1. The Kier molecular flexibility index (Phi) is 4.84. The van der Waals surface area contributed by atoms with Crippen molar-refractivity contribution in [3.8, 4) is 0 Å². The van der Waals surface area contributed by atoms with Gasteiger partial charge in [-0.3, -0.25) is 4.79 Å². The van der Waals surface area contributed by atoms with Crippen molar-refractivity contribution in [2.45, 2.75) is 26.2 Å². The van der Waals surface area contributed by atoms with Gasteiger partial charge in [-0.05, 0) is 36.3 Å². The predicted octanol–water partition coefficient (Wildman–Crippen LogP) is 1.67. The van der Waals surface area contributed by atoms with Crippen molar-refractivity contribution in [3.05, 3.63) is 23.2 Å². The molecule has 1 amide bonds. The van der Waals surface area contributed by atoms with Crippen LogP contribution in [0.3, 0.4) is 0 Å². The van der Waals surface area contributed by atoms with E-state index in [4.69, 9.17) is 0 Å². The smallest absolute Gasteiger partial charge is 0.267 e. The zero-order valence-electron chi connectivity index (χ0n) is 13.5. The summed E-state index contributed by atoms with van der Waals surface area (Å²) in [7, 11) is 1.96. The van der Waals surface area contributed by atoms with E-state index < -0.39 is 0 Å². The van der Waals surface area contributed by atoms with Crippen molar-refractivity contribution >= 4 is 27.5 Å². The minimum atomic E-state index is 0.0492. The summed E-state index contributed by atoms with van der Waals surface area (Å²) in [5.41, 5.74) is 1.91. The lowest BCUT2D eigenvalue weighted by Gasteiger charge is -2.27. The van der Waals surface area contributed by atoms with Crippen LogP contribution in [0.2, 0.25) is 0 Å². The molecular weight excluding hydrogens is 294 g/mol. The zero-order chi connectivity index (χ0) is 15.5. The highest BCUT2D eigenvalue weighted by Crippen LogP contribution is 2.23. The molecule has 0 radical (unpaired) electrons. The minimum absolute atomic E-state index is 0.0492. The number of hydrogen-bond donors (Lipinski definition) is 2. The quantitative estimate of drug-likeness (QED) is 0.808. The highest BCUT2D eigenvalue weighted by molar-refractivity contribution is 7.17. The Morgan fingerprint density at radius 3 is 2.95 bits per heavy atom. The number of likely N-dealkylation sites (tertiary alicyclic amines) is 1. The Morgan fingerprint density at radius 1 is 1.45 bits per heavy atom. The van der Waals surface area contributed by atoms with Crippen molar-refractivity contribution in [1.82, 2.24) is 9.88 Å². The largest absolute Gasteiger partial charge is 0.351 e. The number of quaternary nitrogens is 1. The van der Waals surface area contributed by atoms with Crippen LogP contribution >= 0.6 is 11.3 Å². The standard InChI is InChI=1S/C17H25N3OS/c1-13-4-9-20(10-5-13)8-3-7-18-17(21)15-12-16-14(19(15)2)6-11-22-16/h6,11-13H,3-5,7-10H2,1-2H3,(H,18,21)/p+1. The van der Waals surface area contributed by atoms with Crippen LogP contribution in [0.15, 0.2) is 17.5 Å². The van der Waals surface area contributed by atoms with Crippen LogP contribution < -0.4 is 10.2 Å². The fourth-order valence-electron chi connectivity index (χ4n) is 3.32. The number of nitrogens with zero attached hydrogens (tertiary/aromatic N) is 1. The number of piperidine rings is 1. The summed E-state index contributed by atoms with van der Waals surface area (Å²) < 4.78 is 3.16. The van der Waals surface area contributed by atoms with E-state index in [1.54, 1.807) is 16.2 Å². The molecule has 0 aromatic carbocycles. The lowest BCUT2D eigenvalue weighted by atomic mass is 9.99. The van der Waals surface area contributed by atoms with Crippen molar-refractivity contribution in [2.75, 3.05) is 26.2 Å². The van der Waals surface area contributed by atoms with Crippen LogP contribution in [-0.4, -0.2) is 36.7 Å². The van der Waals surface area contributed by atoms with E-state index in [0.717, 1.165) is 30.1 Å². The number of thiophene rings is 1. The normalized spacial score (nSPS) is 22.1. The molecule has 0 atom stereocenters. The van der Waals surface area contributed by atoms with Crippen molar-refractivity contribution in [1.29, 1.82) is 0 Å². The molecule has 2 N–H and O–H groups in total. The molecule has 1 aliphatic rings. The summed E-state index contributed by atoms with van der Waals surface area (Å²) in [5, 5.41) is 5.13. The molecular formula is C17H26N3OS+. The first-order chi connectivity index (χ1) is 10.6. The van der Waals surface area contributed by atoms with Gasteiger partial charge in [-0.15, -0.1) is 11.3 Å². The SMILES string of the molecule is CC1CC[NH+](CCCNC(=O)c2cc3sccc3n2C)CC1. The Balaban J connectivity index is 1.44. The number of rotatable bonds is 5. The molecule has 5 heteroatoms. The molecule has 0 saturated carbocycles. The second-order valence-electron chi connectivity index (χ2n) is 6.55. The van der Waals surface area contributed by atoms with Gasteiger partial charge in [0.2, 0.25) is 0 Å². The van der Waals surface area contributed by atoms with Crippen molar-refractivity contribution in [2.24, 2.45) is 13.0 Å². The summed E-state index contributed by atoms with van der Waals surface area (Å²) in [5.74, 6) is 0.947. The minimum Gasteiger partial charge on any atom is -0.351 e. The molecule has 0 spiro atoms. The third-order valence-electron chi connectivity index (χ3n) is 4.87. The molecule has 3 rings (SSSR count). The molecule has 1 saturated heterocycles. The molecule has 0 aliphatic carbocycles. The third-order valence-corrected chi connectivity index (χ3v) is 5.72. The van der Waals surface area contributed by atoms with Gasteiger partial charge >= 0.3 is 0 Å². The Morgan fingerprint density at radius 2 is 2.23 bits per heavy atom. The zero-order valence-corrected chi connectivity index (χ0v) is 14.3. The molecule has 22 heavy (non-hydrogen) atoms. The lowest BCUT2D eigenvalue weighted by Crippen LogP contribution is -3.13. The van der Waals surface area contributed by atoms with Gasteiger partial charge in [-0.2, -0.15) is 0 Å². The van der Waals surface area contributed by atoms with Crippen molar-refractivity contribution in [3.63, 3.8) is 0 Å². The average Bonchev–Trinajstić information content (AvgIpc) is 3.09. The summed E-state index contributed by atoms with van der Waals surface area (Å²) in [6.07, 6.45) is 3.76. The van der Waals surface area contributed by atoms with Gasteiger partial charge in [0.1, 0.15) is 5.69 Å². The summed E-state index contributed by atoms with van der Waals surface area (Å²) in [6.45, 7) is 6.89. The molecule has 3 heterocycles. The fraction of sp³-hybridized carbons (Fsp3) is 0.588. The second-order valence-corrected chi connectivity index (χ2v) is 7.50. The van der Waals surface area contributed by atoms with Gasteiger partial charge in [-0.1, -0.05) is 6.92 Å². The second kappa shape index (κ2) is 6.84. The number of aromatic nitrogens is 1. The Hall–Kier alpha value is -1.33. The Labute approximate surface area is 136 Å². The molecule has 120 valence electrons. The molecule has 4 nitrogen and oxygen atoms in total. The van der Waals surface area contributed by atoms with Gasteiger partial charge in [0, 0.05) is 20.0 Å². The molecule has 1 fully saturated rings. The number of aryl methyl sites for hydroxylation is 1. The molecule has 2 aromatic heterocycles. The van der Waals surface area contributed by atoms with Crippen LogP contribution in [0, 0.1) is 5.92 Å². The number of carbonyl (C=O) groups is 1. The first-order valence-electron chi connectivity index (χ1n) is 8.30. The van der Waals surface area contributed by atoms with E-state index >= 15 is 0 Å². The maximum Gasteiger partial charge on any atom is 0.267 e. The van der Waals surface area contributed by atoms with Crippen LogP contribution in [0.1, 0.15) is 36.7 Å². The average molecular weight is 320 g/mol. The lowest BCUT2D eigenvalue weighted by molar-refractivity contribution is -0.906. The third kappa shape index (κ3) is 3.36. The van der Waals surface area contributed by atoms with E-state index in [9.17, 15) is 4.79 Å². The first kappa shape index (κ1) is 15.6. The van der Waals surface area contributed by atoms with Gasteiger partial charge in [0.15, 0.2) is 0 Å². The highest BCUT2D eigenvalue weighted by Gasteiger charge is 2.18. The van der Waals surface area contributed by atoms with Crippen molar-refractivity contribution < 1.29 is 9.69 Å². The molecule has 2 aromatic rings. The fourth-order valence-corrected chi connectivity index (χ4v) is 4.17. The van der Waals surface area contributed by atoms with Crippen LogP contribution in [0.25, 0.3) is 10.2 Å². The van der Waals surface area contributed by atoms with Crippen LogP contribution in [0.4, 0.5) is 0 Å². The van der Waals surface area contributed by atoms with E-state index in [1.165, 1.54) is 37.2 Å². The van der Waals surface area contributed by atoms with E-state index in [0.29, 0.717) is 0 Å². The summed E-state index contributed by atoms with van der Waals surface area (Å²) in [6, 6.07) is 4.06. The number of fused-ring (bicyclic) bond motifs is 1. The van der Waals surface area contributed by atoms with Gasteiger partial charge in [0.05, 0.1) is 29.9 Å². The van der Waals surface area contributed by atoms with Gasteiger partial charge < -0.3 is 14.8 Å². The maximum absolute atomic E-state index is 12.3. The molecule has 0 bridgehead atoms. The van der Waals surface area contributed by atoms with Crippen LogP contribution in [0.5, 0.6) is 0 Å². The van der Waals surface area contributed by atoms with Gasteiger partial charge in [0.25, 0.3) is 5.91 Å². The van der Waals surface area contributed by atoms with Gasteiger partial charge in [-0.25, -0.2) is 0 Å². The topological polar surface area (TPSA) is 38.5 Å². The Bertz CT molecular complexity index is 637. The maximum atomic E-state index is 12.3. The monoisotopic (exact) mass is 320 g/mol.